The van der Waals surface area contributed by atoms with Crippen LogP contribution in [0.4, 0.5) is 0 Å². The minimum absolute atomic E-state index is 0.761. The van der Waals surface area contributed by atoms with Crippen LogP contribution in [0.1, 0.15) is 39.0 Å². The number of rotatable bonds is 5. The van der Waals surface area contributed by atoms with Crippen LogP contribution in [0.5, 0.6) is 0 Å². The van der Waals surface area contributed by atoms with Crippen LogP contribution >= 0.6 is 0 Å². The van der Waals surface area contributed by atoms with E-state index in [1.165, 1.54) is 44.2 Å². The molecule has 2 aliphatic rings. The fraction of sp³-hybridized carbons (Fsp3) is 0.846. The van der Waals surface area contributed by atoms with Gasteiger partial charge in [-0.05, 0) is 44.7 Å². The predicted octanol–water partition coefficient (Wildman–Crippen LogP) is 2.17. The molecule has 2 fully saturated rings. The van der Waals surface area contributed by atoms with Crippen molar-refractivity contribution in [3.05, 3.63) is 12.2 Å². The first-order chi connectivity index (χ1) is 7.25. The summed E-state index contributed by atoms with van der Waals surface area (Å²) in [5, 5.41) is 3.53. The van der Waals surface area contributed by atoms with Gasteiger partial charge in [-0.25, -0.2) is 0 Å². The van der Waals surface area contributed by atoms with Crippen molar-refractivity contribution in [2.24, 2.45) is 0 Å². The highest BCUT2D eigenvalue weighted by atomic mass is 15.2. The predicted molar refractivity (Wildman–Crippen MR) is 65.1 cm³/mol. The molecule has 86 valence electrons. The van der Waals surface area contributed by atoms with Crippen molar-refractivity contribution in [2.75, 3.05) is 19.6 Å². The lowest BCUT2D eigenvalue weighted by atomic mass is 10.0. The molecule has 1 saturated heterocycles. The Labute approximate surface area is 93.7 Å². The van der Waals surface area contributed by atoms with Crippen LogP contribution in [0.25, 0.3) is 0 Å². The molecule has 15 heavy (non-hydrogen) atoms. The van der Waals surface area contributed by atoms with Gasteiger partial charge in [-0.1, -0.05) is 13.0 Å². The van der Waals surface area contributed by atoms with Gasteiger partial charge in [0, 0.05) is 25.2 Å². The van der Waals surface area contributed by atoms with Crippen molar-refractivity contribution in [3.8, 4) is 0 Å². The van der Waals surface area contributed by atoms with Gasteiger partial charge < -0.3 is 5.32 Å². The summed E-state index contributed by atoms with van der Waals surface area (Å²) in [6.07, 6.45) is 6.88. The van der Waals surface area contributed by atoms with E-state index in [1.54, 1.807) is 0 Å². The second kappa shape index (κ2) is 5.13. The molecule has 1 atom stereocenters. The fourth-order valence-corrected chi connectivity index (χ4v) is 2.31. The van der Waals surface area contributed by atoms with Crippen molar-refractivity contribution in [3.63, 3.8) is 0 Å². The summed E-state index contributed by atoms with van der Waals surface area (Å²) in [6, 6.07) is 1.57. The molecule has 1 saturated carbocycles. The normalized spacial score (nSPS) is 27.9. The zero-order valence-corrected chi connectivity index (χ0v) is 9.97. The molecule has 0 aromatic carbocycles. The van der Waals surface area contributed by atoms with E-state index >= 15 is 0 Å². The average molecular weight is 208 g/mol. The second-order valence-corrected chi connectivity index (χ2v) is 5.22. The SMILES string of the molecule is C=C(CNC1CC1)CN1CCCCC1C. The third-order valence-corrected chi connectivity index (χ3v) is 3.59. The van der Waals surface area contributed by atoms with Gasteiger partial charge in [-0.2, -0.15) is 0 Å². The summed E-state index contributed by atoms with van der Waals surface area (Å²) in [6.45, 7) is 9.91. The smallest absolute Gasteiger partial charge is 0.0205 e. The van der Waals surface area contributed by atoms with E-state index in [2.05, 4.69) is 23.7 Å². The maximum atomic E-state index is 4.18. The van der Waals surface area contributed by atoms with E-state index < -0.39 is 0 Å². The van der Waals surface area contributed by atoms with Crippen LogP contribution in [0.2, 0.25) is 0 Å². The van der Waals surface area contributed by atoms with Crippen molar-refractivity contribution >= 4 is 0 Å². The van der Waals surface area contributed by atoms with E-state index in [1.807, 2.05) is 0 Å². The van der Waals surface area contributed by atoms with Gasteiger partial charge in [0.15, 0.2) is 0 Å². The summed E-state index contributed by atoms with van der Waals surface area (Å²) in [7, 11) is 0. The number of likely N-dealkylation sites (tertiary alicyclic amines) is 1. The zero-order valence-electron chi connectivity index (χ0n) is 9.97. The van der Waals surface area contributed by atoms with Gasteiger partial charge in [-0.15, -0.1) is 0 Å². The highest BCUT2D eigenvalue weighted by molar-refractivity contribution is 5.02. The Morgan fingerprint density at radius 2 is 2.13 bits per heavy atom. The Kier molecular flexibility index (Phi) is 3.81. The Bertz CT molecular complexity index is 221. The van der Waals surface area contributed by atoms with Gasteiger partial charge >= 0.3 is 0 Å². The molecule has 2 rings (SSSR count). The van der Waals surface area contributed by atoms with Crippen molar-refractivity contribution in [1.82, 2.24) is 10.2 Å². The second-order valence-electron chi connectivity index (χ2n) is 5.22. The first-order valence-corrected chi connectivity index (χ1v) is 6.40. The maximum absolute atomic E-state index is 4.18. The molecule has 0 amide bonds. The summed E-state index contributed by atoms with van der Waals surface area (Å²) < 4.78 is 0. The highest BCUT2D eigenvalue weighted by Gasteiger charge is 2.21. The number of nitrogens with zero attached hydrogens (tertiary/aromatic N) is 1. The summed E-state index contributed by atoms with van der Waals surface area (Å²) in [4.78, 5) is 2.58. The minimum atomic E-state index is 0.761. The van der Waals surface area contributed by atoms with Crippen LogP contribution in [-0.2, 0) is 0 Å². The Morgan fingerprint density at radius 1 is 1.33 bits per heavy atom. The molecule has 0 spiro atoms. The van der Waals surface area contributed by atoms with Gasteiger partial charge in [0.05, 0.1) is 0 Å². The summed E-state index contributed by atoms with van der Waals surface area (Å²) in [5.74, 6) is 0. The van der Waals surface area contributed by atoms with E-state index in [0.29, 0.717) is 0 Å². The van der Waals surface area contributed by atoms with E-state index in [-0.39, 0.29) is 0 Å². The zero-order chi connectivity index (χ0) is 10.7. The molecule has 0 aromatic rings. The molecule has 2 nitrogen and oxygen atoms in total. The molecule has 0 bridgehead atoms. The average Bonchev–Trinajstić information content (AvgIpc) is 3.02. The number of hydrogen-bond acceptors (Lipinski definition) is 2. The molecule has 0 aromatic heterocycles. The van der Waals surface area contributed by atoms with Crippen molar-refractivity contribution < 1.29 is 0 Å². The largest absolute Gasteiger partial charge is 0.310 e. The standard InChI is InChI=1S/C13H24N2/c1-11(9-14-13-6-7-13)10-15-8-4-3-5-12(15)2/h12-14H,1,3-10H2,2H3. The number of hydrogen-bond donors (Lipinski definition) is 1. The minimum Gasteiger partial charge on any atom is -0.310 e. The molecule has 1 aliphatic heterocycles. The monoisotopic (exact) mass is 208 g/mol. The molecule has 1 N–H and O–H groups in total. The Balaban J connectivity index is 1.66. The van der Waals surface area contributed by atoms with E-state index in [4.69, 9.17) is 0 Å². The molecule has 2 heteroatoms. The first kappa shape index (κ1) is 11.2. The first-order valence-electron chi connectivity index (χ1n) is 6.40. The van der Waals surface area contributed by atoms with Crippen LogP contribution in [0.3, 0.4) is 0 Å². The van der Waals surface area contributed by atoms with Crippen LogP contribution in [0.15, 0.2) is 12.2 Å². The lowest BCUT2D eigenvalue weighted by Crippen LogP contribution is -2.39. The number of nitrogens with one attached hydrogen (secondary N) is 1. The highest BCUT2D eigenvalue weighted by Crippen LogP contribution is 2.20. The summed E-state index contributed by atoms with van der Waals surface area (Å²) in [5.41, 5.74) is 1.36. The van der Waals surface area contributed by atoms with Gasteiger partial charge in [0.25, 0.3) is 0 Å². The van der Waals surface area contributed by atoms with Gasteiger partial charge in [-0.3, -0.25) is 4.90 Å². The Hall–Kier alpha value is -0.340. The molecular weight excluding hydrogens is 184 g/mol. The van der Waals surface area contributed by atoms with Crippen LogP contribution in [-0.4, -0.2) is 36.6 Å². The lowest BCUT2D eigenvalue weighted by Gasteiger charge is -2.33. The van der Waals surface area contributed by atoms with Gasteiger partial charge in [0.2, 0.25) is 0 Å². The quantitative estimate of drug-likeness (QED) is 0.697. The van der Waals surface area contributed by atoms with Crippen LogP contribution in [0, 0.1) is 0 Å². The Morgan fingerprint density at radius 3 is 2.80 bits per heavy atom. The van der Waals surface area contributed by atoms with Crippen molar-refractivity contribution in [2.45, 2.75) is 51.1 Å². The van der Waals surface area contributed by atoms with Crippen LogP contribution < -0.4 is 5.32 Å². The number of piperidine rings is 1. The maximum Gasteiger partial charge on any atom is 0.0205 e. The molecule has 1 aliphatic carbocycles. The lowest BCUT2D eigenvalue weighted by molar-refractivity contribution is 0.174. The van der Waals surface area contributed by atoms with Crippen molar-refractivity contribution in [1.29, 1.82) is 0 Å². The topological polar surface area (TPSA) is 15.3 Å². The third-order valence-electron chi connectivity index (χ3n) is 3.59. The van der Waals surface area contributed by atoms with E-state index in [0.717, 1.165) is 25.2 Å². The van der Waals surface area contributed by atoms with Gasteiger partial charge in [0.1, 0.15) is 0 Å². The molecular formula is C13H24N2. The van der Waals surface area contributed by atoms with E-state index in [9.17, 15) is 0 Å². The molecule has 1 heterocycles. The molecule has 0 radical (unpaired) electrons. The third kappa shape index (κ3) is 3.62. The summed E-state index contributed by atoms with van der Waals surface area (Å²) >= 11 is 0. The fourth-order valence-electron chi connectivity index (χ4n) is 2.31. The molecule has 1 unspecified atom stereocenters.